The molecule has 5 nitrogen and oxygen atoms in total. The summed E-state index contributed by atoms with van der Waals surface area (Å²) in [5.41, 5.74) is 2.08. The van der Waals surface area contributed by atoms with Gasteiger partial charge in [-0.2, -0.15) is 13.9 Å². The SMILES string of the molecule is COC(=O)Cc1ccc(OCc2ccn(C(F)F)n2)c(C)c1. The quantitative estimate of drug-likeness (QED) is 0.770. The molecule has 0 aliphatic carbocycles. The largest absolute Gasteiger partial charge is 0.487 e. The second-order valence-corrected chi connectivity index (χ2v) is 4.71. The molecular weight excluding hydrogens is 294 g/mol. The van der Waals surface area contributed by atoms with Crippen molar-refractivity contribution in [3.63, 3.8) is 0 Å². The molecule has 0 saturated heterocycles. The Morgan fingerprint density at radius 2 is 2.14 bits per heavy atom. The van der Waals surface area contributed by atoms with Crippen molar-refractivity contribution in [1.29, 1.82) is 0 Å². The van der Waals surface area contributed by atoms with Crippen molar-refractivity contribution in [2.45, 2.75) is 26.5 Å². The average Bonchev–Trinajstić information content (AvgIpc) is 2.95. The van der Waals surface area contributed by atoms with E-state index >= 15 is 0 Å². The summed E-state index contributed by atoms with van der Waals surface area (Å²) in [6.07, 6.45) is 1.39. The van der Waals surface area contributed by atoms with Crippen molar-refractivity contribution < 1.29 is 23.0 Å². The number of carbonyl (C=O) groups is 1. The van der Waals surface area contributed by atoms with Crippen LogP contribution >= 0.6 is 0 Å². The summed E-state index contributed by atoms with van der Waals surface area (Å²) < 4.78 is 35.6. The van der Waals surface area contributed by atoms with Crippen LogP contribution in [0.2, 0.25) is 0 Å². The number of methoxy groups -OCH3 is 1. The third-order valence-corrected chi connectivity index (χ3v) is 3.05. The number of hydrogen-bond donors (Lipinski definition) is 0. The number of alkyl halides is 2. The van der Waals surface area contributed by atoms with Crippen LogP contribution in [0.5, 0.6) is 5.75 Å². The van der Waals surface area contributed by atoms with Crippen LogP contribution in [0, 0.1) is 6.92 Å². The first-order valence-electron chi connectivity index (χ1n) is 6.61. The maximum Gasteiger partial charge on any atom is 0.333 e. The van der Waals surface area contributed by atoms with Gasteiger partial charge in [-0.1, -0.05) is 12.1 Å². The van der Waals surface area contributed by atoms with Crippen LogP contribution in [0.4, 0.5) is 8.78 Å². The van der Waals surface area contributed by atoms with Crippen LogP contribution in [0.25, 0.3) is 0 Å². The molecule has 1 aromatic heterocycles. The summed E-state index contributed by atoms with van der Waals surface area (Å²) in [6, 6.07) is 6.80. The average molecular weight is 310 g/mol. The first-order chi connectivity index (χ1) is 10.5. The van der Waals surface area contributed by atoms with E-state index in [1.807, 2.05) is 13.0 Å². The van der Waals surface area contributed by atoms with Crippen LogP contribution in [0.15, 0.2) is 30.5 Å². The highest BCUT2D eigenvalue weighted by atomic mass is 19.3. The molecule has 0 spiro atoms. The smallest absolute Gasteiger partial charge is 0.333 e. The number of nitrogens with zero attached hydrogens (tertiary/aromatic N) is 2. The minimum Gasteiger partial charge on any atom is -0.487 e. The van der Waals surface area contributed by atoms with E-state index < -0.39 is 6.55 Å². The molecule has 7 heteroatoms. The predicted molar refractivity (Wildman–Crippen MR) is 74.7 cm³/mol. The van der Waals surface area contributed by atoms with Crippen molar-refractivity contribution >= 4 is 5.97 Å². The van der Waals surface area contributed by atoms with Crippen molar-refractivity contribution in [2.24, 2.45) is 0 Å². The summed E-state index contributed by atoms with van der Waals surface area (Å²) >= 11 is 0. The van der Waals surface area contributed by atoms with Gasteiger partial charge >= 0.3 is 12.5 Å². The number of ether oxygens (including phenoxy) is 2. The molecule has 1 heterocycles. The molecule has 0 amide bonds. The van der Waals surface area contributed by atoms with Gasteiger partial charge in [0.2, 0.25) is 0 Å². The van der Waals surface area contributed by atoms with Gasteiger partial charge in [-0.3, -0.25) is 4.79 Å². The van der Waals surface area contributed by atoms with Crippen LogP contribution in [0.3, 0.4) is 0 Å². The van der Waals surface area contributed by atoms with Gasteiger partial charge in [0, 0.05) is 6.20 Å². The normalized spacial score (nSPS) is 10.8. The Hall–Kier alpha value is -2.44. The van der Waals surface area contributed by atoms with Gasteiger partial charge in [0.1, 0.15) is 18.1 Å². The molecule has 0 saturated carbocycles. The molecule has 0 aliphatic rings. The second-order valence-electron chi connectivity index (χ2n) is 4.71. The molecule has 2 rings (SSSR count). The fraction of sp³-hybridized carbons (Fsp3) is 0.333. The van der Waals surface area contributed by atoms with E-state index in [2.05, 4.69) is 9.84 Å². The molecule has 0 unspecified atom stereocenters. The number of hydrogen-bond acceptors (Lipinski definition) is 4. The maximum absolute atomic E-state index is 12.4. The zero-order chi connectivity index (χ0) is 16.1. The molecule has 0 bridgehead atoms. The Bertz CT molecular complexity index is 656. The summed E-state index contributed by atoms with van der Waals surface area (Å²) in [4.78, 5) is 11.2. The summed E-state index contributed by atoms with van der Waals surface area (Å²) in [6.45, 7) is -0.724. The third kappa shape index (κ3) is 4.03. The lowest BCUT2D eigenvalue weighted by Gasteiger charge is -2.09. The van der Waals surface area contributed by atoms with Crippen molar-refractivity contribution in [3.8, 4) is 5.75 Å². The minimum atomic E-state index is -2.66. The Morgan fingerprint density at radius 3 is 2.73 bits per heavy atom. The minimum absolute atomic E-state index is 0.0942. The monoisotopic (exact) mass is 310 g/mol. The first-order valence-corrected chi connectivity index (χ1v) is 6.61. The molecule has 1 aromatic carbocycles. The predicted octanol–water partition coefficient (Wildman–Crippen LogP) is 2.88. The van der Waals surface area contributed by atoms with Gasteiger partial charge < -0.3 is 9.47 Å². The number of halogens is 2. The number of aromatic nitrogens is 2. The number of esters is 1. The van der Waals surface area contributed by atoms with Gasteiger partial charge in [0.05, 0.1) is 13.5 Å². The fourth-order valence-corrected chi connectivity index (χ4v) is 1.94. The van der Waals surface area contributed by atoms with E-state index in [4.69, 9.17) is 4.74 Å². The molecule has 0 N–H and O–H groups in total. The Balaban J connectivity index is 1.99. The van der Waals surface area contributed by atoms with E-state index in [0.29, 0.717) is 16.1 Å². The second kappa shape index (κ2) is 7.02. The van der Waals surface area contributed by atoms with Gasteiger partial charge in [-0.25, -0.2) is 4.68 Å². The van der Waals surface area contributed by atoms with E-state index in [-0.39, 0.29) is 19.0 Å². The zero-order valence-electron chi connectivity index (χ0n) is 12.3. The standard InChI is InChI=1S/C15H16F2N2O3/c1-10-7-11(8-14(20)21-2)3-4-13(10)22-9-12-5-6-19(18-12)15(16)17/h3-7,15H,8-9H2,1-2H3. The van der Waals surface area contributed by atoms with E-state index in [9.17, 15) is 13.6 Å². The molecule has 0 atom stereocenters. The number of carbonyl (C=O) groups excluding carboxylic acids is 1. The Morgan fingerprint density at radius 1 is 1.36 bits per heavy atom. The van der Waals surface area contributed by atoms with Crippen LogP contribution in [-0.4, -0.2) is 22.9 Å². The topological polar surface area (TPSA) is 53.4 Å². The summed E-state index contributed by atoms with van der Waals surface area (Å²) in [5, 5.41) is 3.70. The van der Waals surface area contributed by atoms with Gasteiger partial charge in [-0.15, -0.1) is 0 Å². The third-order valence-electron chi connectivity index (χ3n) is 3.05. The van der Waals surface area contributed by atoms with Gasteiger partial charge in [0.25, 0.3) is 0 Å². The highest BCUT2D eigenvalue weighted by Gasteiger charge is 2.09. The molecule has 0 radical (unpaired) electrons. The van der Waals surface area contributed by atoms with E-state index in [0.717, 1.165) is 11.1 Å². The lowest BCUT2D eigenvalue weighted by atomic mass is 10.1. The van der Waals surface area contributed by atoms with Gasteiger partial charge in [0.15, 0.2) is 0 Å². The van der Waals surface area contributed by atoms with E-state index in [1.54, 1.807) is 12.1 Å². The zero-order valence-corrected chi connectivity index (χ0v) is 12.3. The molecule has 0 fully saturated rings. The fourth-order valence-electron chi connectivity index (χ4n) is 1.94. The van der Waals surface area contributed by atoms with Crippen LogP contribution in [0.1, 0.15) is 23.4 Å². The highest BCUT2D eigenvalue weighted by Crippen LogP contribution is 2.21. The van der Waals surface area contributed by atoms with E-state index in [1.165, 1.54) is 19.4 Å². The van der Waals surface area contributed by atoms with Gasteiger partial charge in [-0.05, 0) is 30.2 Å². The summed E-state index contributed by atoms with van der Waals surface area (Å²) in [7, 11) is 1.34. The molecule has 2 aromatic rings. The van der Waals surface area contributed by atoms with Crippen molar-refractivity contribution in [2.75, 3.05) is 7.11 Å². The Kier molecular flexibility index (Phi) is 5.08. The summed E-state index contributed by atoms with van der Waals surface area (Å²) in [5.74, 6) is 0.297. The number of aryl methyl sites for hydroxylation is 1. The lowest BCUT2D eigenvalue weighted by molar-refractivity contribution is -0.139. The molecular formula is C15H16F2N2O3. The highest BCUT2D eigenvalue weighted by molar-refractivity contribution is 5.72. The number of rotatable bonds is 6. The molecule has 118 valence electrons. The van der Waals surface area contributed by atoms with Crippen molar-refractivity contribution in [1.82, 2.24) is 9.78 Å². The lowest BCUT2D eigenvalue weighted by Crippen LogP contribution is -2.05. The Labute approximate surface area is 126 Å². The molecule has 22 heavy (non-hydrogen) atoms. The molecule has 0 aliphatic heterocycles. The van der Waals surface area contributed by atoms with Crippen molar-refractivity contribution in [3.05, 3.63) is 47.3 Å². The number of benzene rings is 1. The van der Waals surface area contributed by atoms with Crippen LogP contribution < -0.4 is 4.74 Å². The van der Waals surface area contributed by atoms with Crippen LogP contribution in [-0.2, 0) is 22.6 Å². The first kappa shape index (κ1) is 15.9. The maximum atomic E-state index is 12.4.